The molecule has 0 spiro atoms. The molecule has 30 heavy (non-hydrogen) atoms. The van der Waals surface area contributed by atoms with Crippen LogP contribution in [0.4, 0.5) is 5.00 Å². The minimum absolute atomic E-state index is 0.0427. The molecule has 1 aliphatic carbocycles. The van der Waals surface area contributed by atoms with Crippen molar-refractivity contribution in [2.45, 2.75) is 19.3 Å². The van der Waals surface area contributed by atoms with E-state index < -0.39 is 11.8 Å². The van der Waals surface area contributed by atoms with Crippen molar-refractivity contribution in [1.82, 2.24) is 5.32 Å². The van der Waals surface area contributed by atoms with Crippen molar-refractivity contribution in [2.75, 3.05) is 5.32 Å². The van der Waals surface area contributed by atoms with Crippen molar-refractivity contribution in [3.05, 3.63) is 62.1 Å². The van der Waals surface area contributed by atoms with Crippen LogP contribution in [0.15, 0.2) is 34.7 Å². The Morgan fingerprint density at radius 2 is 1.97 bits per heavy atom. The monoisotopic (exact) mass is 479 g/mol. The summed E-state index contributed by atoms with van der Waals surface area (Å²) in [5.74, 6) is -0.604. The number of carbonyl (C=O) groups excluding carboxylic acids is 2. The average molecular weight is 480 g/mol. The molecule has 3 aromatic rings. The number of hydrogen-bond donors (Lipinski definition) is 3. The Labute approximate surface area is 191 Å². The molecular weight excluding hydrogens is 465 g/mol. The lowest BCUT2D eigenvalue weighted by Crippen LogP contribution is -2.34. The molecule has 154 valence electrons. The van der Waals surface area contributed by atoms with Crippen LogP contribution in [0.5, 0.6) is 0 Å². The summed E-state index contributed by atoms with van der Waals surface area (Å²) in [6.45, 7) is 0. The first kappa shape index (κ1) is 20.9. The van der Waals surface area contributed by atoms with Gasteiger partial charge in [0.05, 0.1) is 15.6 Å². The van der Waals surface area contributed by atoms with Crippen LogP contribution >= 0.6 is 46.8 Å². The highest BCUT2D eigenvalue weighted by Crippen LogP contribution is 2.39. The van der Waals surface area contributed by atoms with Gasteiger partial charge in [-0.3, -0.25) is 14.9 Å². The molecule has 4 rings (SSSR count). The van der Waals surface area contributed by atoms with E-state index >= 15 is 0 Å². The SMILES string of the molecule is NC(=O)c1c(NC(=S)NC(=O)c2ccc(-c3cccc(Cl)c3Cl)o2)sc2c1CCC2. The van der Waals surface area contributed by atoms with Crippen molar-refractivity contribution in [3.8, 4) is 11.3 Å². The van der Waals surface area contributed by atoms with E-state index in [2.05, 4.69) is 10.6 Å². The fourth-order valence-corrected chi connectivity index (χ4v) is 5.30. The van der Waals surface area contributed by atoms with Crippen LogP contribution in [0, 0.1) is 0 Å². The van der Waals surface area contributed by atoms with E-state index in [0.717, 1.165) is 29.7 Å². The molecule has 0 aliphatic heterocycles. The van der Waals surface area contributed by atoms with Gasteiger partial charge >= 0.3 is 0 Å². The number of amides is 2. The Bertz CT molecular complexity index is 1190. The lowest BCUT2D eigenvalue weighted by Gasteiger charge is -2.09. The number of aryl methyl sites for hydroxylation is 1. The zero-order valence-electron chi connectivity index (χ0n) is 15.4. The normalized spacial score (nSPS) is 12.5. The predicted octanol–water partition coefficient (Wildman–Crippen LogP) is 5.03. The minimum atomic E-state index is -0.540. The number of thiocarbonyl (C=S) groups is 1. The molecule has 0 saturated heterocycles. The summed E-state index contributed by atoms with van der Waals surface area (Å²) in [6, 6.07) is 8.27. The van der Waals surface area contributed by atoms with Crippen LogP contribution in [0.1, 0.15) is 37.8 Å². The smallest absolute Gasteiger partial charge is 0.293 e. The van der Waals surface area contributed by atoms with Crippen molar-refractivity contribution in [3.63, 3.8) is 0 Å². The summed E-state index contributed by atoms with van der Waals surface area (Å²) in [4.78, 5) is 25.5. The number of benzene rings is 1. The molecule has 2 amide bonds. The van der Waals surface area contributed by atoms with Gasteiger partial charge in [-0.1, -0.05) is 29.3 Å². The van der Waals surface area contributed by atoms with Gasteiger partial charge in [0.1, 0.15) is 10.8 Å². The molecule has 0 radical (unpaired) electrons. The standard InChI is InChI=1S/C20H15Cl2N3O3S2/c21-11-5-1-3-9(16(11)22)12-7-8-13(28-12)18(27)24-20(29)25-19-15(17(23)26)10-4-2-6-14(10)30-19/h1,3,5,7-8H,2,4,6H2,(H2,23,26)(H2,24,25,27,29). The number of anilines is 1. The van der Waals surface area contributed by atoms with E-state index in [-0.39, 0.29) is 10.9 Å². The molecule has 1 aliphatic rings. The first-order valence-electron chi connectivity index (χ1n) is 8.96. The van der Waals surface area contributed by atoms with Gasteiger partial charge in [-0.05, 0) is 61.3 Å². The van der Waals surface area contributed by atoms with Gasteiger partial charge in [0, 0.05) is 10.4 Å². The maximum atomic E-state index is 12.5. The third-order valence-electron chi connectivity index (χ3n) is 4.67. The van der Waals surface area contributed by atoms with Gasteiger partial charge in [-0.2, -0.15) is 0 Å². The van der Waals surface area contributed by atoms with Crippen LogP contribution in [0.2, 0.25) is 10.0 Å². The van der Waals surface area contributed by atoms with E-state index in [1.807, 2.05) is 0 Å². The molecule has 4 N–H and O–H groups in total. The average Bonchev–Trinajstić information content (AvgIpc) is 3.39. The number of nitrogens with two attached hydrogens (primary N) is 1. The lowest BCUT2D eigenvalue weighted by molar-refractivity contribution is 0.0950. The van der Waals surface area contributed by atoms with E-state index in [4.69, 9.17) is 45.6 Å². The van der Waals surface area contributed by atoms with Gasteiger partial charge in [-0.15, -0.1) is 11.3 Å². The molecule has 0 bridgehead atoms. The third-order valence-corrected chi connectivity index (χ3v) is 6.90. The Kier molecular flexibility index (Phi) is 5.84. The molecule has 2 aromatic heterocycles. The summed E-state index contributed by atoms with van der Waals surface area (Å²) in [6.07, 6.45) is 2.72. The highest BCUT2D eigenvalue weighted by molar-refractivity contribution is 7.80. The number of primary amides is 1. The zero-order valence-corrected chi connectivity index (χ0v) is 18.5. The van der Waals surface area contributed by atoms with E-state index in [1.165, 1.54) is 17.4 Å². The Hall–Kier alpha value is -2.39. The van der Waals surface area contributed by atoms with Crippen LogP contribution in [0.3, 0.4) is 0 Å². The summed E-state index contributed by atoms with van der Waals surface area (Å²) >= 11 is 18.9. The van der Waals surface area contributed by atoms with Crippen LogP contribution in [-0.2, 0) is 12.8 Å². The zero-order chi connectivity index (χ0) is 21.4. The summed E-state index contributed by atoms with van der Waals surface area (Å²) in [7, 11) is 0. The minimum Gasteiger partial charge on any atom is -0.451 e. The first-order chi connectivity index (χ1) is 14.3. The number of halogens is 2. The largest absolute Gasteiger partial charge is 0.451 e. The fraction of sp³-hybridized carbons (Fsp3) is 0.150. The number of rotatable bonds is 4. The number of fused-ring (bicyclic) bond motifs is 1. The van der Waals surface area contributed by atoms with Gasteiger partial charge in [0.2, 0.25) is 0 Å². The summed E-state index contributed by atoms with van der Waals surface area (Å²) in [5.41, 5.74) is 7.53. The van der Waals surface area contributed by atoms with Crippen molar-refractivity contribution >= 4 is 68.7 Å². The predicted molar refractivity (Wildman–Crippen MR) is 123 cm³/mol. The number of furan rings is 1. The van der Waals surface area contributed by atoms with Crippen molar-refractivity contribution < 1.29 is 14.0 Å². The van der Waals surface area contributed by atoms with Crippen LogP contribution in [-0.4, -0.2) is 16.9 Å². The summed E-state index contributed by atoms with van der Waals surface area (Å²) < 4.78 is 5.62. The number of hydrogen-bond acceptors (Lipinski definition) is 5. The van der Waals surface area contributed by atoms with E-state index in [0.29, 0.717) is 31.9 Å². The molecule has 2 heterocycles. The molecule has 0 unspecified atom stereocenters. The van der Waals surface area contributed by atoms with Crippen molar-refractivity contribution in [2.24, 2.45) is 5.73 Å². The highest BCUT2D eigenvalue weighted by atomic mass is 35.5. The van der Waals surface area contributed by atoms with Crippen LogP contribution < -0.4 is 16.4 Å². The van der Waals surface area contributed by atoms with Crippen molar-refractivity contribution in [1.29, 1.82) is 0 Å². The highest BCUT2D eigenvalue weighted by Gasteiger charge is 2.26. The van der Waals surface area contributed by atoms with Gasteiger partial charge in [-0.25, -0.2) is 0 Å². The Balaban J connectivity index is 1.48. The van der Waals surface area contributed by atoms with Gasteiger partial charge in [0.15, 0.2) is 10.9 Å². The van der Waals surface area contributed by atoms with Gasteiger partial charge in [0.25, 0.3) is 11.8 Å². The Morgan fingerprint density at radius 1 is 1.17 bits per heavy atom. The van der Waals surface area contributed by atoms with E-state index in [1.54, 1.807) is 24.3 Å². The number of carbonyl (C=O) groups is 2. The molecule has 0 atom stereocenters. The number of nitrogens with one attached hydrogen (secondary N) is 2. The maximum Gasteiger partial charge on any atom is 0.293 e. The summed E-state index contributed by atoms with van der Waals surface area (Å²) in [5, 5.41) is 6.77. The topological polar surface area (TPSA) is 97.4 Å². The molecule has 6 nitrogen and oxygen atoms in total. The quantitative estimate of drug-likeness (QED) is 0.455. The van der Waals surface area contributed by atoms with E-state index in [9.17, 15) is 9.59 Å². The maximum absolute atomic E-state index is 12.5. The molecule has 1 aromatic carbocycles. The fourth-order valence-electron chi connectivity index (χ4n) is 3.35. The first-order valence-corrected chi connectivity index (χ1v) is 10.9. The molecular formula is C20H15Cl2N3O3S2. The molecule has 0 saturated carbocycles. The Morgan fingerprint density at radius 3 is 2.73 bits per heavy atom. The number of thiophene rings is 1. The molecule has 10 heteroatoms. The second kappa shape index (κ2) is 8.39. The van der Waals surface area contributed by atoms with Crippen LogP contribution in [0.25, 0.3) is 11.3 Å². The van der Waals surface area contributed by atoms with Gasteiger partial charge < -0.3 is 15.5 Å². The second-order valence-corrected chi connectivity index (χ2v) is 8.90. The lowest BCUT2D eigenvalue weighted by atomic mass is 10.1. The third kappa shape index (κ3) is 3.96. The second-order valence-electron chi connectivity index (χ2n) is 6.60. The molecule has 0 fully saturated rings.